The van der Waals surface area contributed by atoms with Crippen LogP contribution in [-0.2, 0) is 16.4 Å². The van der Waals surface area contributed by atoms with Gasteiger partial charge in [-0.25, -0.2) is 17.9 Å². The highest BCUT2D eigenvalue weighted by atomic mass is 79.9. The van der Waals surface area contributed by atoms with Crippen molar-refractivity contribution in [2.45, 2.75) is 24.2 Å². The average Bonchev–Trinajstić information content (AvgIpc) is 3.20. The summed E-state index contributed by atoms with van der Waals surface area (Å²) in [4.78, 5) is 4.22. The lowest BCUT2D eigenvalue weighted by Gasteiger charge is -2.31. The number of halogens is 1. The third-order valence-corrected chi connectivity index (χ3v) is 8.86. The minimum Gasteiger partial charge on any atom is -0.507 e. The largest absolute Gasteiger partial charge is 0.507 e. The number of aromatic nitrogens is 3. The summed E-state index contributed by atoms with van der Waals surface area (Å²) < 4.78 is 29.9. The molecule has 182 valence electrons. The van der Waals surface area contributed by atoms with Gasteiger partial charge in [0.1, 0.15) is 17.2 Å². The normalized spacial score (nSPS) is 15.6. The average molecular weight is 559 g/mol. The van der Waals surface area contributed by atoms with E-state index in [1.165, 1.54) is 22.5 Å². The molecular formula is C24H23BrN4O5S. The Bertz CT molecular complexity index is 1490. The van der Waals surface area contributed by atoms with Crippen LogP contribution in [0.4, 0.5) is 0 Å². The van der Waals surface area contributed by atoms with Gasteiger partial charge in [0.2, 0.25) is 10.0 Å². The molecule has 0 atom stereocenters. The number of hydrogen-bond acceptors (Lipinski definition) is 7. The van der Waals surface area contributed by atoms with Gasteiger partial charge in [-0.3, -0.25) is 0 Å². The molecule has 3 heterocycles. The molecule has 1 fully saturated rings. The molecule has 2 aromatic heterocycles. The Kier molecular flexibility index (Phi) is 6.16. The van der Waals surface area contributed by atoms with Crippen LogP contribution in [0, 0.1) is 5.92 Å². The van der Waals surface area contributed by atoms with Gasteiger partial charge in [0.25, 0.3) is 0 Å². The summed E-state index contributed by atoms with van der Waals surface area (Å²) in [6.07, 6.45) is 3.52. The van der Waals surface area contributed by atoms with E-state index in [4.69, 9.17) is 0 Å². The Balaban J connectivity index is 1.39. The fourth-order valence-corrected chi connectivity index (χ4v) is 6.49. The molecule has 0 spiro atoms. The summed E-state index contributed by atoms with van der Waals surface area (Å²) in [7, 11) is -4.03. The number of phenols is 3. The van der Waals surface area contributed by atoms with Crippen molar-refractivity contribution in [1.82, 2.24) is 18.9 Å². The standard InChI is InChI=1S/C24H23BrN4O5S/c25-18-14-26-29-16(13-19(27-24(18)29)17-4-1-2-5-20(17)30)12-15-8-10-28(11-9-15)35(33,34)23-21(31)6-3-7-22(23)32/h1-7,13-15,30-32H,8-12H2. The van der Waals surface area contributed by atoms with E-state index in [1.807, 2.05) is 12.1 Å². The molecule has 0 saturated carbocycles. The minimum atomic E-state index is -4.03. The maximum atomic E-state index is 13.1. The first kappa shape index (κ1) is 23.6. The summed E-state index contributed by atoms with van der Waals surface area (Å²) >= 11 is 3.49. The molecule has 0 radical (unpaired) electrons. The van der Waals surface area contributed by atoms with Crippen LogP contribution >= 0.6 is 15.9 Å². The van der Waals surface area contributed by atoms with Crippen molar-refractivity contribution in [3.63, 3.8) is 0 Å². The van der Waals surface area contributed by atoms with Crippen LogP contribution < -0.4 is 0 Å². The summed E-state index contributed by atoms with van der Waals surface area (Å²) in [6, 6.07) is 12.8. The molecule has 4 aromatic rings. The predicted molar refractivity (Wildman–Crippen MR) is 133 cm³/mol. The predicted octanol–water partition coefficient (Wildman–Crippen LogP) is 3.92. The minimum absolute atomic E-state index is 0.136. The van der Waals surface area contributed by atoms with Gasteiger partial charge in [-0.15, -0.1) is 0 Å². The van der Waals surface area contributed by atoms with E-state index in [0.29, 0.717) is 36.2 Å². The lowest BCUT2D eigenvalue weighted by Crippen LogP contribution is -2.39. The number of para-hydroxylation sites is 1. The molecule has 0 aliphatic carbocycles. The topological polar surface area (TPSA) is 128 Å². The van der Waals surface area contributed by atoms with E-state index in [2.05, 4.69) is 26.0 Å². The highest BCUT2D eigenvalue weighted by molar-refractivity contribution is 9.10. The van der Waals surface area contributed by atoms with Crippen LogP contribution in [0.2, 0.25) is 0 Å². The van der Waals surface area contributed by atoms with Crippen LogP contribution in [0.3, 0.4) is 0 Å². The highest BCUT2D eigenvalue weighted by Gasteiger charge is 2.33. The Morgan fingerprint density at radius 1 is 0.971 bits per heavy atom. The molecule has 1 aliphatic rings. The molecule has 0 unspecified atom stereocenters. The summed E-state index contributed by atoms with van der Waals surface area (Å²) in [5, 5.41) is 34.9. The quantitative estimate of drug-likeness (QED) is 0.338. The number of sulfonamides is 1. The molecule has 35 heavy (non-hydrogen) atoms. The molecule has 3 N–H and O–H groups in total. The van der Waals surface area contributed by atoms with Crippen LogP contribution in [0.15, 0.2) is 64.1 Å². The first-order valence-corrected chi connectivity index (χ1v) is 13.3. The second kappa shape index (κ2) is 9.14. The Labute approximate surface area is 210 Å². The van der Waals surface area contributed by atoms with Crippen molar-refractivity contribution in [2.75, 3.05) is 13.1 Å². The zero-order valence-electron chi connectivity index (χ0n) is 18.5. The van der Waals surface area contributed by atoms with Crippen molar-refractivity contribution in [2.24, 2.45) is 5.92 Å². The fourth-order valence-electron chi connectivity index (χ4n) is 4.53. The maximum absolute atomic E-state index is 13.1. The zero-order valence-corrected chi connectivity index (χ0v) is 20.9. The van der Waals surface area contributed by atoms with E-state index < -0.39 is 26.4 Å². The van der Waals surface area contributed by atoms with Gasteiger partial charge >= 0.3 is 0 Å². The molecule has 0 amide bonds. The zero-order chi connectivity index (χ0) is 24.7. The van der Waals surface area contributed by atoms with Crippen LogP contribution in [0.1, 0.15) is 18.5 Å². The van der Waals surface area contributed by atoms with E-state index in [1.54, 1.807) is 28.9 Å². The molecule has 9 nitrogen and oxygen atoms in total. The summed E-state index contributed by atoms with van der Waals surface area (Å²) in [5.74, 6) is -0.610. The summed E-state index contributed by atoms with van der Waals surface area (Å²) in [5.41, 5.74) is 2.78. The van der Waals surface area contributed by atoms with Gasteiger partial charge in [0.15, 0.2) is 10.5 Å². The van der Waals surface area contributed by atoms with Gasteiger partial charge < -0.3 is 15.3 Å². The van der Waals surface area contributed by atoms with E-state index in [-0.39, 0.29) is 24.8 Å². The van der Waals surface area contributed by atoms with Crippen LogP contribution in [-0.4, -0.2) is 55.7 Å². The number of benzene rings is 2. The van der Waals surface area contributed by atoms with Gasteiger partial charge in [-0.1, -0.05) is 18.2 Å². The second-order valence-corrected chi connectivity index (χ2v) is 11.3. The number of piperidine rings is 1. The number of aromatic hydroxyl groups is 3. The van der Waals surface area contributed by atoms with Crippen molar-refractivity contribution in [3.05, 3.63) is 64.9 Å². The van der Waals surface area contributed by atoms with Gasteiger partial charge in [-0.2, -0.15) is 9.40 Å². The molecule has 1 saturated heterocycles. The molecule has 5 rings (SSSR count). The number of hydrogen-bond donors (Lipinski definition) is 3. The fraction of sp³-hybridized carbons (Fsp3) is 0.250. The van der Waals surface area contributed by atoms with Gasteiger partial charge in [-0.05, 0) is 71.4 Å². The Morgan fingerprint density at radius 2 is 1.63 bits per heavy atom. The molecular weight excluding hydrogens is 536 g/mol. The third-order valence-electron chi connectivity index (χ3n) is 6.33. The summed E-state index contributed by atoms with van der Waals surface area (Å²) in [6.45, 7) is 0.536. The van der Waals surface area contributed by atoms with Crippen molar-refractivity contribution >= 4 is 31.6 Å². The molecule has 1 aliphatic heterocycles. The van der Waals surface area contributed by atoms with E-state index >= 15 is 0 Å². The van der Waals surface area contributed by atoms with Crippen molar-refractivity contribution in [1.29, 1.82) is 0 Å². The Hall–Kier alpha value is -3.15. The van der Waals surface area contributed by atoms with Crippen LogP contribution in [0.25, 0.3) is 16.9 Å². The smallest absolute Gasteiger partial charge is 0.250 e. The number of nitrogens with zero attached hydrogens (tertiary/aromatic N) is 4. The van der Waals surface area contributed by atoms with Gasteiger partial charge in [0, 0.05) is 24.3 Å². The number of phenolic OH excluding ortho intramolecular Hbond substituents is 3. The third kappa shape index (κ3) is 4.35. The van der Waals surface area contributed by atoms with Crippen molar-refractivity contribution in [3.8, 4) is 28.5 Å². The van der Waals surface area contributed by atoms with Gasteiger partial charge in [0.05, 0.1) is 16.4 Å². The lowest BCUT2D eigenvalue weighted by atomic mass is 9.92. The molecule has 11 heteroatoms. The molecule has 0 bridgehead atoms. The second-order valence-electron chi connectivity index (χ2n) is 8.55. The van der Waals surface area contributed by atoms with Crippen molar-refractivity contribution < 1.29 is 23.7 Å². The monoisotopic (exact) mass is 558 g/mol. The number of fused-ring (bicyclic) bond motifs is 1. The molecule has 2 aromatic carbocycles. The van der Waals surface area contributed by atoms with E-state index in [9.17, 15) is 23.7 Å². The first-order valence-electron chi connectivity index (χ1n) is 11.1. The first-order chi connectivity index (χ1) is 16.8. The van der Waals surface area contributed by atoms with Crippen LogP contribution in [0.5, 0.6) is 17.2 Å². The SMILES string of the molecule is O=S(=O)(c1c(O)cccc1O)N1CCC(Cc2cc(-c3ccccc3O)nc3c(Br)cnn23)CC1. The van der Waals surface area contributed by atoms with E-state index in [0.717, 1.165) is 10.2 Å². The lowest BCUT2D eigenvalue weighted by molar-refractivity contribution is 0.269. The maximum Gasteiger partial charge on any atom is 0.250 e. The Morgan fingerprint density at radius 3 is 2.31 bits per heavy atom. The highest BCUT2D eigenvalue weighted by Crippen LogP contribution is 2.36. The number of rotatable bonds is 5.